The molecule has 0 fully saturated rings. The maximum Gasteiger partial charge on any atom is 0.162 e. The Hall–Kier alpha value is -1.26. The molecule has 0 aliphatic carbocycles. The minimum Gasteiger partial charge on any atom is -0.379 e. The van der Waals surface area contributed by atoms with Gasteiger partial charge in [0.1, 0.15) is 5.82 Å². The van der Waals surface area contributed by atoms with Gasteiger partial charge in [-0.15, -0.1) is 0 Å². The lowest BCUT2D eigenvalue weighted by Crippen LogP contribution is -2.09. The van der Waals surface area contributed by atoms with Crippen molar-refractivity contribution < 1.29 is 18.7 Å². The second kappa shape index (κ2) is 9.61. The Balaban J connectivity index is 2.04. The highest BCUT2D eigenvalue weighted by atomic mass is 19.1. The highest BCUT2D eigenvalue weighted by molar-refractivity contribution is 5.95. The zero-order chi connectivity index (χ0) is 14.8. The number of rotatable bonds is 10. The van der Waals surface area contributed by atoms with Crippen molar-refractivity contribution in [2.75, 3.05) is 26.4 Å². The van der Waals surface area contributed by atoms with Gasteiger partial charge < -0.3 is 9.47 Å². The number of carbonyl (C=O) groups is 1. The van der Waals surface area contributed by atoms with Crippen LogP contribution in [0.1, 0.15) is 37.0 Å². The smallest absolute Gasteiger partial charge is 0.162 e. The summed E-state index contributed by atoms with van der Waals surface area (Å²) < 4.78 is 23.5. The Morgan fingerprint density at radius 1 is 1.10 bits per heavy atom. The van der Waals surface area contributed by atoms with Gasteiger partial charge in [0.2, 0.25) is 0 Å². The van der Waals surface area contributed by atoms with Gasteiger partial charge in [-0.25, -0.2) is 4.39 Å². The monoisotopic (exact) mass is 282 g/mol. The van der Waals surface area contributed by atoms with Crippen LogP contribution >= 0.6 is 0 Å². The van der Waals surface area contributed by atoms with Gasteiger partial charge in [0.05, 0.1) is 13.2 Å². The Labute approximate surface area is 120 Å². The number of halogens is 1. The summed E-state index contributed by atoms with van der Waals surface area (Å²) in [6.07, 6.45) is 1.08. The second-order valence-corrected chi connectivity index (χ2v) is 5.11. The molecule has 1 aromatic rings. The zero-order valence-electron chi connectivity index (χ0n) is 12.2. The summed E-state index contributed by atoms with van der Waals surface area (Å²) in [7, 11) is 0. The van der Waals surface area contributed by atoms with Gasteiger partial charge in [0, 0.05) is 25.2 Å². The first-order valence-electron chi connectivity index (χ1n) is 7.04. The van der Waals surface area contributed by atoms with Gasteiger partial charge in [0.15, 0.2) is 5.78 Å². The molecule has 20 heavy (non-hydrogen) atoms. The third-order valence-corrected chi connectivity index (χ3v) is 2.68. The van der Waals surface area contributed by atoms with Crippen LogP contribution < -0.4 is 0 Å². The van der Waals surface area contributed by atoms with E-state index in [1.54, 1.807) is 0 Å². The molecule has 0 bridgehead atoms. The molecule has 0 aliphatic rings. The Bertz CT molecular complexity index is 387. The number of hydrogen-bond donors (Lipinski definition) is 0. The van der Waals surface area contributed by atoms with E-state index in [-0.39, 0.29) is 11.6 Å². The largest absolute Gasteiger partial charge is 0.379 e. The molecule has 0 N–H and O–H groups in total. The number of hydrogen-bond acceptors (Lipinski definition) is 3. The van der Waals surface area contributed by atoms with Crippen molar-refractivity contribution in [3.05, 3.63) is 35.6 Å². The molecule has 0 unspecified atom stereocenters. The molecule has 0 radical (unpaired) electrons. The predicted octanol–water partition coefficient (Wildman–Crippen LogP) is 3.48. The number of ketones is 1. The Morgan fingerprint density at radius 3 is 2.40 bits per heavy atom. The van der Waals surface area contributed by atoms with Crippen LogP contribution in [0.15, 0.2) is 24.3 Å². The summed E-state index contributed by atoms with van der Waals surface area (Å²) in [5.41, 5.74) is 0.548. The molecule has 0 saturated heterocycles. The first kappa shape index (κ1) is 16.8. The van der Waals surface area contributed by atoms with Crippen molar-refractivity contribution in [1.29, 1.82) is 0 Å². The lowest BCUT2D eigenvalue weighted by molar-refractivity contribution is 0.0365. The fraction of sp³-hybridized carbons (Fsp3) is 0.562. The maximum atomic E-state index is 12.7. The summed E-state index contributed by atoms with van der Waals surface area (Å²) in [5, 5.41) is 0. The molecule has 0 aromatic heterocycles. The van der Waals surface area contributed by atoms with Gasteiger partial charge >= 0.3 is 0 Å². The lowest BCUT2D eigenvalue weighted by Gasteiger charge is -2.07. The van der Waals surface area contributed by atoms with Gasteiger partial charge in [0.25, 0.3) is 0 Å². The summed E-state index contributed by atoms with van der Waals surface area (Å²) >= 11 is 0. The van der Waals surface area contributed by atoms with E-state index in [1.165, 1.54) is 24.3 Å². The van der Waals surface area contributed by atoms with Crippen LogP contribution in [-0.2, 0) is 9.47 Å². The first-order chi connectivity index (χ1) is 9.59. The number of ether oxygens (including phenoxy) is 2. The van der Waals surface area contributed by atoms with E-state index >= 15 is 0 Å². The highest BCUT2D eigenvalue weighted by Crippen LogP contribution is 2.07. The molecule has 3 nitrogen and oxygen atoms in total. The molecule has 0 saturated carbocycles. The third-order valence-electron chi connectivity index (χ3n) is 2.68. The first-order valence-corrected chi connectivity index (χ1v) is 7.04. The summed E-state index contributed by atoms with van der Waals surface area (Å²) in [6, 6.07) is 5.63. The summed E-state index contributed by atoms with van der Waals surface area (Å²) in [5.74, 6) is 0.222. The Kier molecular flexibility index (Phi) is 8.07. The van der Waals surface area contributed by atoms with Crippen molar-refractivity contribution in [3.8, 4) is 0 Å². The molecule has 0 atom stereocenters. The average Bonchev–Trinajstić information content (AvgIpc) is 2.42. The maximum absolute atomic E-state index is 12.7. The normalized spacial score (nSPS) is 11.0. The molecular formula is C16H23FO3. The summed E-state index contributed by atoms with van der Waals surface area (Å²) in [4.78, 5) is 11.8. The molecule has 1 rings (SSSR count). The standard InChI is InChI=1S/C16H23FO3/c1-13(2)12-20-11-10-19-9-3-4-16(18)14-5-7-15(17)8-6-14/h5-8,13H,3-4,9-12H2,1-2H3. The van der Waals surface area contributed by atoms with E-state index in [2.05, 4.69) is 13.8 Å². The van der Waals surface area contributed by atoms with Gasteiger partial charge in [-0.3, -0.25) is 4.79 Å². The van der Waals surface area contributed by atoms with Crippen LogP contribution in [0, 0.1) is 11.7 Å². The molecule has 0 aliphatic heterocycles. The third kappa shape index (κ3) is 7.36. The van der Waals surface area contributed by atoms with E-state index in [4.69, 9.17) is 9.47 Å². The minimum atomic E-state index is -0.328. The minimum absolute atomic E-state index is 0.0182. The molecule has 0 heterocycles. The molecular weight excluding hydrogens is 259 g/mol. The van der Waals surface area contributed by atoms with Crippen LogP contribution in [0.5, 0.6) is 0 Å². The highest BCUT2D eigenvalue weighted by Gasteiger charge is 2.05. The predicted molar refractivity (Wildman–Crippen MR) is 76.4 cm³/mol. The Morgan fingerprint density at radius 2 is 1.75 bits per heavy atom. The fourth-order valence-corrected chi connectivity index (χ4v) is 1.65. The van der Waals surface area contributed by atoms with Crippen molar-refractivity contribution in [2.24, 2.45) is 5.92 Å². The lowest BCUT2D eigenvalue weighted by atomic mass is 10.1. The van der Waals surface area contributed by atoms with Crippen LogP contribution in [0.25, 0.3) is 0 Å². The average molecular weight is 282 g/mol. The van der Waals surface area contributed by atoms with E-state index in [1.807, 2.05) is 0 Å². The van der Waals surface area contributed by atoms with Crippen molar-refractivity contribution in [1.82, 2.24) is 0 Å². The quantitative estimate of drug-likeness (QED) is 0.487. The SMILES string of the molecule is CC(C)COCCOCCCC(=O)c1ccc(F)cc1. The van der Waals surface area contributed by atoms with Crippen molar-refractivity contribution >= 4 is 5.78 Å². The zero-order valence-corrected chi connectivity index (χ0v) is 12.2. The van der Waals surface area contributed by atoms with Gasteiger partial charge in [-0.2, -0.15) is 0 Å². The summed E-state index contributed by atoms with van der Waals surface area (Å²) in [6.45, 7) is 6.62. The fourth-order valence-electron chi connectivity index (χ4n) is 1.65. The molecule has 0 spiro atoms. The van der Waals surface area contributed by atoms with Crippen LogP contribution in [-0.4, -0.2) is 32.2 Å². The van der Waals surface area contributed by atoms with Crippen LogP contribution in [0.4, 0.5) is 4.39 Å². The molecule has 1 aromatic carbocycles. The number of carbonyl (C=O) groups excluding carboxylic acids is 1. The second-order valence-electron chi connectivity index (χ2n) is 5.11. The van der Waals surface area contributed by atoms with Crippen LogP contribution in [0.3, 0.4) is 0 Å². The van der Waals surface area contributed by atoms with Crippen LogP contribution in [0.2, 0.25) is 0 Å². The van der Waals surface area contributed by atoms with E-state index in [9.17, 15) is 9.18 Å². The van der Waals surface area contributed by atoms with Crippen molar-refractivity contribution in [2.45, 2.75) is 26.7 Å². The molecule has 4 heteroatoms. The van der Waals surface area contributed by atoms with Gasteiger partial charge in [-0.1, -0.05) is 13.8 Å². The topological polar surface area (TPSA) is 35.5 Å². The van der Waals surface area contributed by atoms with Gasteiger partial charge in [-0.05, 0) is 36.6 Å². The van der Waals surface area contributed by atoms with Crippen molar-refractivity contribution in [3.63, 3.8) is 0 Å². The number of benzene rings is 1. The van der Waals surface area contributed by atoms with E-state index in [0.29, 0.717) is 44.1 Å². The van der Waals surface area contributed by atoms with E-state index < -0.39 is 0 Å². The van der Waals surface area contributed by atoms with E-state index in [0.717, 1.165) is 6.61 Å². The number of Topliss-reactive ketones (excluding diaryl/α,β-unsaturated/α-hetero) is 1. The molecule has 0 amide bonds. The molecule has 112 valence electrons.